The van der Waals surface area contributed by atoms with Crippen molar-refractivity contribution in [1.29, 1.82) is 0 Å². The number of pyridine rings is 1. The SMILES string of the molecule is CNc1cc(F)cc(-c2ccc3nc(N)c(C(=O)[C@@H]4C[C@@H]4F)n3c2)c1C. The topological polar surface area (TPSA) is 72.4 Å². The van der Waals surface area contributed by atoms with Crippen LogP contribution in [0.2, 0.25) is 0 Å². The lowest BCUT2D eigenvalue weighted by molar-refractivity contribution is 0.0952. The molecule has 0 unspecified atom stereocenters. The predicted molar refractivity (Wildman–Crippen MR) is 96.6 cm³/mol. The van der Waals surface area contributed by atoms with Gasteiger partial charge in [-0.05, 0) is 54.3 Å². The van der Waals surface area contributed by atoms with Crippen LogP contribution in [-0.4, -0.2) is 28.4 Å². The standard InChI is InChI=1S/C19H18F2N4O/c1-9-12(5-11(20)6-15(9)23-2)10-3-4-16-24-19(22)17(25(16)8-10)18(26)13-7-14(13)21/h3-6,8,13-14,23H,7,22H2,1-2H3/t13-,14+/m1/s1. The maximum Gasteiger partial charge on any atom is 0.189 e. The minimum absolute atomic E-state index is 0.0816. The lowest BCUT2D eigenvalue weighted by atomic mass is 10.00. The lowest BCUT2D eigenvalue weighted by Gasteiger charge is -2.12. The number of rotatable bonds is 4. The van der Waals surface area contributed by atoms with Crippen LogP contribution in [0.15, 0.2) is 30.5 Å². The Kier molecular flexibility index (Phi) is 3.68. The molecule has 0 radical (unpaired) electrons. The van der Waals surface area contributed by atoms with Crippen molar-refractivity contribution in [3.8, 4) is 11.1 Å². The minimum atomic E-state index is -1.11. The molecular formula is C19H18F2N4O. The van der Waals surface area contributed by atoms with Crippen LogP contribution in [0.25, 0.3) is 16.8 Å². The molecule has 134 valence electrons. The molecule has 3 aromatic rings. The van der Waals surface area contributed by atoms with E-state index in [0.29, 0.717) is 22.5 Å². The number of nitrogens with zero attached hydrogens (tertiary/aromatic N) is 2. The van der Waals surface area contributed by atoms with Crippen molar-refractivity contribution in [2.75, 3.05) is 18.1 Å². The number of nitrogens with two attached hydrogens (primary N) is 1. The van der Waals surface area contributed by atoms with E-state index in [1.807, 2.05) is 6.92 Å². The van der Waals surface area contributed by atoms with Gasteiger partial charge in [-0.1, -0.05) is 0 Å². The molecule has 2 atom stereocenters. The Morgan fingerprint density at radius 2 is 2.12 bits per heavy atom. The van der Waals surface area contributed by atoms with Gasteiger partial charge in [-0.2, -0.15) is 0 Å². The molecule has 2 aromatic heterocycles. The zero-order valence-corrected chi connectivity index (χ0v) is 14.4. The highest BCUT2D eigenvalue weighted by molar-refractivity contribution is 6.03. The van der Waals surface area contributed by atoms with E-state index in [1.165, 1.54) is 12.1 Å². The number of Topliss-reactive ketones (excluding diaryl/α,β-unsaturated/α-hetero) is 1. The smallest absolute Gasteiger partial charge is 0.189 e. The van der Waals surface area contributed by atoms with Crippen molar-refractivity contribution >= 4 is 22.9 Å². The van der Waals surface area contributed by atoms with Crippen molar-refractivity contribution in [3.05, 3.63) is 47.5 Å². The van der Waals surface area contributed by atoms with Crippen LogP contribution in [0.5, 0.6) is 0 Å². The van der Waals surface area contributed by atoms with Gasteiger partial charge in [-0.25, -0.2) is 13.8 Å². The Morgan fingerprint density at radius 3 is 2.77 bits per heavy atom. The molecule has 7 heteroatoms. The molecule has 4 rings (SSSR count). The number of carbonyl (C=O) groups excluding carboxylic acids is 1. The molecule has 0 saturated heterocycles. The Labute approximate surface area is 148 Å². The van der Waals surface area contributed by atoms with Crippen LogP contribution in [0, 0.1) is 18.7 Å². The normalized spacial score (nSPS) is 18.9. The van der Waals surface area contributed by atoms with Crippen molar-refractivity contribution in [1.82, 2.24) is 9.38 Å². The summed E-state index contributed by atoms with van der Waals surface area (Å²) in [4.78, 5) is 16.7. The first-order valence-corrected chi connectivity index (χ1v) is 8.35. The summed E-state index contributed by atoms with van der Waals surface area (Å²) >= 11 is 0. The predicted octanol–water partition coefficient (Wildman–Crippen LogP) is 3.61. The number of benzene rings is 1. The fourth-order valence-corrected chi connectivity index (χ4v) is 3.32. The molecule has 1 fully saturated rings. The summed E-state index contributed by atoms with van der Waals surface area (Å²) in [6, 6.07) is 6.38. The number of fused-ring (bicyclic) bond motifs is 1. The third-order valence-electron chi connectivity index (χ3n) is 4.88. The summed E-state index contributed by atoms with van der Waals surface area (Å²) in [5.41, 5.74) is 9.55. The molecular weight excluding hydrogens is 338 g/mol. The van der Waals surface area contributed by atoms with Gasteiger partial charge >= 0.3 is 0 Å². The van der Waals surface area contributed by atoms with Crippen LogP contribution in [0.4, 0.5) is 20.3 Å². The first-order valence-electron chi connectivity index (χ1n) is 8.35. The first-order chi connectivity index (χ1) is 12.4. The van der Waals surface area contributed by atoms with E-state index in [2.05, 4.69) is 10.3 Å². The van der Waals surface area contributed by atoms with Crippen LogP contribution < -0.4 is 11.1 Å². The summed E-state index contributed by atoms with van der Waals surface area (Å²) < 4.78 is 28.9. The second-order valence-electron chi connectivity index (χ2n) is 6.59. The minimum Gasteiger partial charge on any atom is -0.388 e. The third kappa shape index (κ3) is 2.51. The average molecular weight is 356 g/mol. The number of anilines is 2. The molecule has 1 saturated carbocycles. The van der Waals surface area contributed by atoms with Crippen LogP contribution in [0.1, 0.15) is 22.5 Å². The summed E-state index contributed by atoms with van der Waals surface area (Å²) in [7, 11) is 1.73. The van der Waals surface area contributed by atoms with E-state index in [-0.39, 0.29) is 29.5 Å². The van der Waals surface area contributed by atoms with Crippen molar-refractivity contribution in [2.45, 2.75) is 19.5 Å². The first kappa shape index (κ1) is 16.5. The maximum absolute atomic E-state index is 14.0. The van der Waals surface area contributed by atoms with Crippen LogP contribution in [0.3, 0.4) is 0 Å². The number of aromatic nitrogens is 2. The van der Waals surface area contributed by atoms with Gasteiger partial charge in [0.25, 0.3) is 0 Å². The molecule has 0 amide bonds. The quantitative estimate of drug-likeness (QED) is 0.701. The van der Waals surface area contributed by atoms with Gasteiger partial charge in [0.2, 0.25) is 0 Å². The van der Waals surface area contributed by atoms with E-state index < -0.39 is 12.1 Å². The molecule has 1 aliphatic carbocycles. The van der Waals surface area contributed by atoms with Gasteiger partial charge in [-0.3, -0.25) is 9.20 Å². The number of nitrogens with one attached hydrogen (secondary N) is 1. The fraction of sp³-hybridized carbons (Fsp3) is 0.263. The van der Waals surface area contributed by atoms with Gasteiger partial charge in [-0.15, -0.1) is 0 Å². The highest BCUT2D eigenvalue weighted by Gasteiger charge is 2.45. The summed E-state index contributed by atoms with van der Waals surface area (Å²) in [6.45, 7) is 1.89. The van der Waals surface area contributed by atoms with Crippen molar-refractivity contribution in [3.63, 3.8) is 0 Å². The Bertz CT molecular complexity index is 1040. The van der Waals surface area contributed by atoms with E-state index in [9.17, 15) is 13.6 Å². The number of hydrogen-bond donors (Lipinski definition) is 2. The molecule has 0 spiro atoms. The number of halogens is 2. The highest BCUT2D eigenvalue weighted by atomic mass is 19.1. The summed E-state index contributed by atoms with van der Waals surface area (Å²) in [5, 5.41) is 2.97. The molecule has 0 bridgehead atoms. The fourth-order valence-electron chi connectivity index (χ4n) is 3.32. The monoisotopic (exact) mass is 356 g/mol. The number of hydrogen-bond acceptors (Lipinski definition) is 4. The Balaban J connectivity index is 1.89. The van der Waals surface area contributed by atoms with Crippen LogP contribution in [-0.2, 0) is 0 Å². The van der Waals surface area contributed by atoms with E-state index in [0.717, 1.165) is 5.56 Å². The van der Waals surface area contributed by atoms with Crippen molar-refractivity contribution < 1.29 is 13.6 Å². The van der Waals surface area contributed by atoms with Gasteiger partial charge in [0.05, 0.1) is 5.92 Å². The number of imidazole rings is 1. The van der Waals surface area contributed by atoms with Gasteiger partial charge in [0, 0.05) is 18.9 Å². The van der Waals surface area contributed by atoms with Crippen molar-refractivity contribution in [2.24, 2.45) is 5.92 Å². The summed E-state index contributed by atoms with van der Waals surface area (Å²) in [6.07, 6.45) is 0.807. The molecule has 26 heavy (non-hydrogen) atoms. The number of alkyl halides is 1. The number of ketones is 1. The zero-order valence-electron chi connectivity index (χ0n) is 14.4. The van der Waals surface area contributed by atoms with E-state index in [1.54, 1.807) is 29.8 Å². The molecule has 1 aliphatic rings. The third-order valence-corrected chi connectivity index (χ3v) is 4.88. The summed E-state index contributed by atoms with van der Waals surface area (Å²) in [5.74, 6) is -1.27. The molecule has 1 aromatic carbocycles. The Hall–Kier alpha value is -2.96. The van der Waals surface area contributed by atoms with Gasteiger partial charge in [0.15, 0.2) is 11.6 Å². The van der Waals surface area contributed by atoms with E-state index in [4.69, 9.17) is 5.73 Å². The number of carbonyl (C=O) groups is 1. The zero-order chi connectivity index (χ0) is 18.6. The second kappa shape index (κ2) is 5.79. The maximum atomic E-state index is 14.0. The molecule has 0 aliphatic heterocycles. The molecule has 3 N–H and O–H groups in total. The Morgan fingerprint density at radius 1 is 1.38 bits per heavy atom. The lowest BCUT2D eigenvalue weighted by Crippen LogP contribution is -2.10. The largest absolute Gasteiger partial charge is 0.388 e. The second-order valence-corrected chi connectivity index (χ2v) is 6.59. The van der Waals surface area contributed by atoms with Gasteiger partial charge in [0.1, 0.15) is 23.3 Å². The average Bonchev–Trinajstić information content (AvgIpc) is 3.25. The molecule has 5 nitrogen and oxygen atoms in total. The highest BCUT2D eigenvalue weighted by Crippen LogP contribution is 2.38. The van der Waals surface area contributed by atoms with Gasteiger partial charge < -0.3 is 11.1 Å². The van der Waals surface area contributed by atoms with Crippen LogP contribution >= 0.6 is 0 Å². The number of nitrogen functional groups attached to an aromatic ring is 1. The molecule has 2 heterocycles. The van der Waals surface area contributed by atoms with E-state index >= 15 is 0 Å².